The van der Waals surface area contributed by atoms with E-state index in [4.69, 9.17) is 4.74 Å². The molecule has 0 saturated carbocycles. The van der Waals surface area contributed by atoms with Gasteiger partial charge >= 0.3 is 0 Å². The summed E-state index contributed by atoms with van der Waals surface area (Å²) in [5.74, 6) is 2.78. The Morgan fingerprint density at radius 3 is 2.62 bits per heavy atom. The van der Waals surface area contributed by atoms with Gasteiger partial charge in [0, 0.05) is 17.9 Å². The minimum atomic E-state index is 0.0612. The maximum atomic E-state index is 11.5. The van der Waals surface area contributed by atoms with Crippen molar-refractivity contribution in [3.05, 3.63) is 24.3 Å². The van der Waals surface area contributed by atoms with E-state index in [1.807, 2.05) is 24.3 Å². The number of anilines is 1. The van der Waals surface area contributed by atoms with Gasteiger partial charge in [-0.3, -0.25) is 4.79 Å². The maximum absolute atomic E-state index is 11.5. The molecule has 1 amide bonds. The SMILES string of the molecule is CCSCCC(=O)Nc1ccc(OC)cc1. The van der Waals surface area contributed by atoms with Crippen molar-refractivity contribution in [2.24, 2.45) is 0 Å². The molecule has 0 aliphatic carbocycles. The number of hydrogen-bond acceptors (Lipinski definition) is 3. The van der Waals surface area contributed by atoms with Crippen LogP contribution in [0.3, 0.4) is 0 Å². The van der Waals surface area contributed by atoms with Crippen molar-refractivity contribution in [2.45, 2.75) is 13.3 Å². The fraction of sp³-hybridized carbons (Fsp3) is 0.417. The first-order valence-electron chi connectivity index (χ1n) is 5.28. The third-order valence-corrected chi connectivity index (χ3v) is 2.95. The fourth-order valence-corrected chi connectivity index (χ4v) is 1.83. The highest BCUT2D eigenvalue weighted by Crippen LogP contribution is 2.15. The first kappa shape index (κ1) is 12.9. The molecule has 0 heterocycles. The van der Waals surface area contributed by atoms with E-state index in [0.717, 1.165) is 22.9 Å². The zero-order valence-corrected chi connectivity index (χ0v) is 10.5. The number of carbonyl (C=O) groups excluding carboxylic acids is 1. The summed E-state index contributed by atoms with van der Waals surface area (Å²) in [7, 11) is 1.62. The van der Waals surface area contributed by atoms with Gasteiger partial charge in [-0.25, -0.2) is 0 Å². The van der Waals surface area contributed by atoms with Crippen molar-refractivity contribution in [1.29, 1.82) is 0 Å². The van der Waals surface area contributed by atoms with Gasteiger partial charge in [0.1, 0.15) is 5.75 Å². The zero-order valence-electron chi connectivity index (χ0n) is 9.66. The molecule has 0 aliphatic rings. The van der Waals surface area contributed by atoms with Crippen molar-refractivity contribution in [1.82, 2.24) is 0 Å². The van der Waals surface area contributed by atoms with Gasteiger partial charge in [-0.15, -0.1) is 0 Å². The third kappa shape index (κ3) is 4.57. The number of amides is 1. The second-order valence-electron chi connectivity index (χ2n) is 3.22. The zero-order chi connectivity index (χ0) is 11.8. The first-order valence-corrected chi connectivity index (χ1v) is 6.43. The van der Waals surface area contributed by atoms with E-state index in [2.05, 4.69) is 12.2 Å². The lowest BCUT2D eigenvalue weighted by Crippen LogP contribution is -2.12. The fourth-order valence-electron chi connectivity index (χ4n) is 1.21. The molecular formula is C12H17NO2S. The summed E-state index contributed by atoms with van der Waals surface area (Å²) >= 11 is 1.77. The molecule has 0 fully saturated rings. The van der Waals surface area contributed by atoms with Crippen molar-refractivity contribution in [3.63, 3.8) is 0 Å². The lowest BCUT2D eigenvalue weighted by atomic mass is 10.3. The predicted molar refractivity (Wildman–Crippen MR) is 69.2 cm³/mol. The van der Waals surface area contributed by atoms with Crippen LogP contribution in [0.5, 0.6) is 5.75 Å². The van der Waals surface area contributed by atoms with Gasteiger partial charge in [-0.05, 0) is 30.0 Å². The molecule has 1 N–H and O–H groups in total. The summed E-state index contributed by atoms with van der Waals surface area (Å²) in [4.78, 5) is 11.5. The van der Waals surface area contributed by atoms with E-state index in [0.29, 0.717) is 6.42 Å². The molecule has 0 radical (unpaired) electrons. The first-order chi connectivity index (χ1) is 7.76. The van der Waals surface area contributed by atoms with Gasteiger partial charge in [0.2, 0.25) is 5.91 Å². The van der Waals surface area contributed by atoms with Crippen LogP contribution in [0.2, 0.25) is 0 Å². The number of nitrogens with one attached hydrogen (secondary N) is 1. The second-order valence-corrected chi connectivity index (χ2v) is 4.62. The summed E-state index contributed by atoms with van der Waals surface area (Å²) in [5.41, 5.74) is 0.812. The smallest absolute Gasteiger partial charge is 0.225 e. The molecule has 0 bridgehead atoms. The molecule has 1 aromatic rings. The van der Waals surface area contributed by atoms with Gasteiger partial charge in [0.15, 0.2) is 0 Å². The summed E-state index contributed by atoms with van der Waals surface area (Å²) < 4.78 is 5.04. The highest BCUT2D eigenvalue weighted by molar-refractivity contribution is 7.99. The Labute approximate surface area is 101 Å². The summed E-state index contributed by atoms with van der Waals surface area (Å²) in [5, 5.41) is 2.84. The Hall–Kier alpha value is -1.16. The Balaban J connectivity index is 2.37. The quantitative estimate of drug-likeness (QED) is 0.776. The van der Waals surface area contributed by atoms with Gasteiger partial charge in [-0.1, -0.05) is 6.92 Å². The number of benzene rings is 1. The topological polar surface area (TPSA) is 38.3 Å². The predicted octanol–water partition coefficient (Wildman–Crippen LogP) is 2.78. The molecule has 0 saturated heterocycles. The van der Waals surface area contributed by atoms with Crippen molar-refractivity contribution < 1.29 is 9.53 Å². The summed E-state index contributed by atoms with van der Waals surface area (Å²) in [6, 6.07) is 7.33. The Bertz CT molecular complexity index is 324. The average molecular weight is 239 g/mol. The minimum absolute atomic E-state index is 0.0612. The normalized spacial score (nSPS) is 9.88. The summed E-state index contributed by atoms with van der Waals surface area (Å²) in [6.07, 6.45) is 0.560. The standard InChI is InChI=1S/C12H17NO2S/c1-3-16-9-8-12(14)13-10-4-6-11(15-2)7-5-10/h4-7H,3,8-9H2,1-2H3,(H,13,14). The average Bonchev–Trinajstić information content (AvgIpc) is 2.30. The van der Waals surface area contributed by atoms with E-state index >= 15 is 0 Å². The van der Waals surface area contributed by atoms with Crippen molar-refractivity contribution >= 4 is 23.4 Å². The van der Waals surface area contributed by atoms with Gasteiger partial charge in [0.25, 0.3) is 0 Å². The Morgan fingerprint density at radius 2 is 2.06 bits per heavy atom. The molecule has 0 aromatic heterocycles. The van der Waals surface area contributed by atoms with E-state index in [-0.39, 0.29) is 5.91 Å². The molecule has 4 heteroatoms. The molecular weight excluding hydrogens is 222 g/mol. The van der Waals surface area contributed by atoms with E-state index in [9.17, 15) is 4.79 Å². The van der Waals surface area contributed by atoms with Crippen molar-refractivity contribution in [3.8, 4) is 5.75 Å². The maximum Gasteiger partial charge on any atom is 0.225 e. The molecule has 1 aromatic carbocycles. The Morgan fingerprint density at radius 1 is 1.38 bits per heavy atom. The van der Waals surface area contributed by atoms with Crippen LogP contribution in [0.1, 0.15) is 13.3 Å². The second kappa shape index (κ2) is 7.17. The molecule has 1 rings (SSSR count). The number of methoxy groups -OCH3 is 1. The van der Waals surface area contributed by atoms with Gasteiger partial charge in [0.05, 0.1) is 7.11 Å². The molecule has 16 heavy (non-hydrogen) atoms. The number of thioether (sulfide) groups is 1. The Kier molecular flexibility index (Phi) is 5.78. The lowest BCUT2D eigenvalue weighted by molar-refractivity contribution is -0.115. The van der Waals surface area contributed by atoms with Crippen LogP contribution in [0, 0.1) is 0 Å². The van der Waals surface area contributed by atoms with Crippen LogP contribution in [-0.2, 0) is 4.79 Å². The summed E-state index contributed by atoms with van der Waals surface area (Å²) in [6.45, 7) is 2.09. The van der Waals surface area contributed by atoms with E-state index in [1.165, 1.54) is 0 Å². The number of carbonyl (C=O) groups is 1. The van der Waals surface area contributed by atoms with Crippen LogP contribution >= 0.6 is 11.8 Å². The van der Waals surface area contributed by atoms with E-state index < -0.39 is 0 Å². The van der Waals surface area contributed by atoms with Crippen LogP contribution < -0.4 is 10.1 Å². The van der Waals surface area contributed by atoms with Gasteiger partial charge in [-0.2, -0.15) is 11.8 Å². The lowest BCUT2D eigenvalue weighted by Gasteiger charge is -2.05. The minimum Gasteiger partial charge on any atom is -0.497 e. The van der Waals surface area contributed by atoms with Crippen LogP contribution in [-0.4, -0.2) is 24.5 Å². The number of rotatable bonds is 6. The molecule has 88 valence electrons. The monoisotopic (exact) mass is 239 g/mol. The third-order valence-electron chi connectivity index (χ3n) is 2.05. The molecule has 3 nitrogen and oxygen atoms in total. The van der Waals surface area contributed by atoms with Crippen molar-refractivity contribution in [2.75, 3.05) is 23.9 Å². The number of ether oxygens (including phenoxy) is 1. The van der Waals surface area contributed by atoms with Crippen LogP contribution in [0.25, 0.3) is 0 Å². The molecule has 0 spiro atoms. The van der Waals surface area contributed by atoms with Crippen LogP contribution in [0.4, 0.5) is 5.69 Å². The molecule has 0 atom stereocenters. The largest absolute Gasteiger partial charge is 0.497 e. The van der Waals surface area contributed by atoms with E-state index in [1.54, 1.807) is 18.9 Å². The van der Waals surface area contributed by atoms with Crippen LogP contribution in [0.15, 0.2) is 24.3 Å². The molecule has 0 aliphatic heterocycles. The molecule has 0 unspecified atom stereocenters. The van der Waals surface area contributed by atoms with Gasteiger partial charge < -0.3 is 10.1 Å². The highest BCUT2D eigenvalue weighted by Gasteiger charge is 2.01. The highest BCUT2D eigenvalue weighted by atomic mass is 32.2. The number of hydrogen-bond donors (Lipinski definition) is 1.